The van der Waals surface area contributed by atoms with Crippen LogP contribution in [0.4, 0.5) is 0 Å². The van der Waals surface area contributed by atoms with Gasteiger partial charge in [-0.15, -0.1) is 0 Å². The number of ether oxygens (including phenoxy) is 2. The average Bonchev–Trinajstić information content (AvgIpc) is 3.19. The first-order valence-corrected chi connectivity index (χ1v) is 5.69. The second kappa shape index (κ2) is 3.06. The van der Waals surface area contributed by atoms with E-state index in [1.165, 1.54) is 16.7 Å². The van der Waals surface area contributed by atoms with Gasteiger partial charge in [-0.25, -0.2) is 0 Å². The maximum atomic E-state index is 5.76. The lowest BCUT2D eigenvalue weighted by Gasteiger charge is -2.15. The van der Waals surface area contributed by atoms with Gasteiger partial charge in [-0.3, -0.25) is 0 Å². The molecule has 2 saturated heterocycles. The molecule has 0 bridgehead atoms. The molecule has 0 amide bonds. The highest BCUT2D eigenvalue weighted by molar-refractivity contribution is 5.41. The molecule has 0 spiro atoms. The number of rotatable bonds is 3. The molecular formula is C13H17NO2. The normalized spacial score (nSPS) is 36.2. The summed E-state index contributed by atoms with van der Waals surface area (Å²) < 4.78 is 11.0. The zero-order valence-corrected chi connectivity index (χ0v) is 9.75. The average molecular weight is 219 g/mol. The molecule has 0 aliphatic carbocycles. The van der Waals surface area contributed by atoms with E-state index in [0.29, 0.717) is 6.54 Å². The molecule has 2 heterocycles. The van der Waals surface area contributed by atoms with Crippen molar-refractivity contribution < 1.29 is 9.47 Å². The molecule has 1 aromatic rings. The van der Waals surface area contributed by atoms with E-state index in [1.807, 2.05) is 0 Å². The summed E-state index contributed by atoms with van der Waals surface area (Å²) in [5, 5.41) is 0. The van der Waals surface area contributed by atoms with Crippen LogP contribution < -0.4 is 5.73 Å². The lowest BCUT2D eigenvalue weighted by Crippen LogP contribution is -2.13. The van der Waals surface area contributed by atoms with Gasteiger partial charge in [-0.2, -0.15) is 0 Å². The number of nitrogens with two attached hydrogens (primary N) is 1. The van der Waals surface area contributed by atoms with E-state index in [0.717, 1.165) is 13.2 Å². The minimum Gasteiger partial charge on any atom is -0.365 e. The second-order valence-electron chi connectivity index (χ2n) is 5.12. The van der Waals surface area contributed by atoms with E-state index in [4.69, 9.17) is 15.2 Å². The molecule has 3 heteroatoms. The molecule has 0 radical (unpaired) electrons. The molecule has 86 valence electrons. The zero-order chi connectivity index (χ0) is 11.4. The van der Waals surface area contributed by atoms with Gasteiger partial charge < -0.3 is 15.2 Å². The predicted octanol–water partition coefficient (Wildman–Crippen LogP) is 1.64. The van der Waals surface area contributed by atoms with Crippen molar-refractivity contribution in [2.24, 2.45) is 5.73 Å². The molecule has 2 aliphatic heterocycles. The maximum absolute atomic E-state index is 5.76. The highest BCUT2D eigenvalue weighted by Crippen LogP contribution is 2.44. The van der Waals surface area contributed by atoms with Crippen LogP contribution >= 0.6 is 0 Å². The summed E-state index contributed by atoms with van der Waals surface area (Å²) in [4.78, 5) is 0. The summed E-state index contributed by atoms with van der Waals surface area (Å²) in [6, 6.07) is 6.41. The van der Waals surface area contributed by atoms with E-state index >= 15 is 0 Å². The number of epoxide rings is 2. The van der Waals surface area contributed by atoms with Gasteiger partial charge in [-0.05, 0) is 36.6 Å². The molecule has 3 nitrogen and oxygen atoms in total. The topological polar surface area (TPSA) is 51.1 Å². The lowest BCUT2D eigenvalue weighted by molar-refractivity contribution is 0.321. The molecular weight excluding hydrogens is 202 g/mol. The molecule has 16 heavy (non-hydrogen) atoms. The Morgan fingerprint density at radius 2 is 1.81 bits per heavy atom. The Labute approximate surface area is 95.5 Å². The fourth-order valence-corrected chi connectivity index (χ4v) is 2.11. The molecule has 3 rings (SSSR count). The molecule has 2 atom stereocenters. The molecule has 1 aromatic carbocycles. The minimum absolute atomic E-state index is 0.0763. The van der Waals surface area contributed by atoms with Crippen LogP contribution in [0.2, 0.25) is 0 Å². The van der Waals surface area contributed by atoms with Crippen molar-refractivity contribution in [1.29, 1.82) is 0 Å². The monoisotopic (exact) mass is 219 g/mol. The predicted molar refractivity (Wildman–Crippen MR) is 60.9 cm³/mol. The Morgan fingerprint density at radius 3 is 2.31 bits per heavy atom. The van der Waals surface area contributed by atoms with Crippen molar-refractivity contribution in [3.05, 3.63) is 34.9 Å². The van der Waals surface area contributed by atoms with Crippen LogP contribution in [0.1, 0.15) is 30.5 Å². The van der Waals surface area contributed by atoms with E-state index in [-0.39, 0.29) is 11.2 Å². The lowest BCUT2D eigenvalue weighted by atomic mass is 9.90. The van der Waals surface area contributed by atoms with Gasteiger partial charge >= 0.3 is 0 Å². The Balaban J connectivity index is 2.05. The summed E-state index contributed by atoms with van der Waals surface area (Å²) in [6.45, 7) is 6.39. The van der Waals surface area contributed by atoms with Crippen molar-refractivity contribution in [3.63, 3.8) is 0 Å². The van der Waals surface area contributed by atoms with Gasteiger partial charge in [-0.1, -0.05) is 12.1 Å². The third-order valence-corrected chi connectivity index (χ3v) is 3.66. The Kier molecular flexibility index (Phi) is 1.97. The van der Waals surface area contributed by atoms with Crippen LogP contribution in [-0.4, -0.2) is 13.2 Å². The maximum Gasteiger partial charge on any atom is 0.114 e. The van der Waals surface area contributed by atoms with E-state index < -0.39 is 0 Å². The number of hydrogen-bond acceptors (Lipinski definition) is 3. The van der Waals surface area contributed by atoms with Crippen molar-refractivity contribution in [2.75, 3.05) is 13.2 Å². The van der Waals surface area contributed by atoms with E-state index in [2.05, 4.69) is 32.0 Å². The highest BCUT2D eigenvalue weighted by atomic mass is 16.6. The second-order valence-corrected chi connectivity index (χ2v) is 5.12. The number of benzene rings is 1. The summed E-state index contributed by atoms with van der Waals surface area (Å²) in [6.07, 6.45) is 0. The van der Waals surface area contributed by atoms with E-state index in [1.54, 1.807) is 0 Å². The summed E-state index contributed by atoms with van der Waals surface area (Å²) in [7, 11) is 0. The molecule has 2 aliphatic rings. The third-order valence-electron chi connectivity index (χ3n) is 3.66. The standard InChI is InChI=1S/C13H17NO2/c1-12(7-15-12)10-4-3-9(6-14)11(5-10)13(2)8-16-13/h3-5H,6-8,14H2,1-2H3. The van der Waals surface area contributed by atoms with Crippen LogP contribution in [0, 0.1) is 0 Å². The molecule has 0 aromatic heterocycles. The molecule has 2 N–H and O–H groups in total. The molecule has 2 fully saturated rings. The Hall–Kier alpha value is -0.900. The van der Waals surface area contributed by atoms with Crippen LogP contribution in [0.5, 0.6) is 0 Å². The Morgan fingerprint density at radius 1 is 1.19 bits per heavy atom. The molecule has 2 unspecified atom stereocenters. The molecule has 0 saturated carbocycles. The fraction of sp³-hybridized carbons (Fsp3) is 0.538. The van der Waals surface area contributed by atoms with Crippen LogP contribution in [0.15, 0.2) is 18.2 Å². The van der Waals surface area contributed by atoms with E-state index in [9.17, 15) is 0 Å². The van der Waals surface area contributed by atoms with Gasteiger partial charge in [0.25, 0.3) is 0 Å². The van der Waals surface area contributed by atoms with Crippen LogP contribution in [0.25, 0.3) is 0 Å². The highest BCUT2D eigenvalue weighted by Gasteiger charge is 2.45. The summed E-state index contributed by atoms with van der Waals surface area (Å²) >= 11 is 0. The smallest absolute Gasteiger partial charge is 0.114 e. The largest absolute Gasteiger partial charge is 0.365 e. The summed E-state index contributed by atoms with van der Waals surface area (Å²) in [5.74, 6) is 0. The minimum atomic E-state index is -0.115. The van der Waals surface area contributed by atoms with Gasteiger partial charge in [0.05, 0.1) is 13.2 Å². The van der Waals surface area contributed by atoms with Crippen LogP contribution in [0.3, 0.4) is 0 Å². The van der Waals surface area contributed by atoms with Gasteiger partial charge in [0, 0.05) is 6.54 Å². The zero-order valence-electron chi connectivity index (χ0n) is 9.75. The van der Waals surface area contributed by atoms with Gasteiger partial charge in [0.1, 0.15) is 11.2 Å². The first kappa shape index (κ1) is 10.3. The van der Waals surface area contributed by atoms with Crippen molar-refractivity contribution in [1.82, 2.24) is 0 Å². The first-order chi connectivity index (χ1) is 7.57. The van der Waals surface area contributed by atoms with Crippen molar-refractivity contribution >= 4 is 0 Å². The van der Waals surface area contributed by atoms with Crippen LogP contribution in [-0.2, 0) is 27.2 Å². The third kappa shape index (κ3) is 1.47. The SMILES string of the molecule is CC1(c2ccc(CN)c(C3(C)CO3)c2)CO1. The number of hydrogen-bond donors (Lipinski definition) is 1. The fourth-order valence-electron chi connectivity index (χ4n) is 2.11. The van der Waals surface area contributed by atoms with Crippen molar-refractivity contribution in [3.8, 4) is 0 Å². The van der Waals surface area contributed by atoms with Gasteiger partial charge in [0.15, 0.2) is 0 Å². The van der Waals surface area contributed by atoms with Crippen molar-refractivity contribution in [2.45, 2.75) is 31.6 Å². The van der Waals surface area contributed by atoms with Gasteiger partial charge in [0.2, 0.25) is 0 Å². The first-order valence-electron chi connectivity index (χ1n) is 5.69. The quantitative estimate of drug-likeness (QED) is 0.786. The summed E-state index contributed by atoms with van der Waals surface area (Å²) in [5.41, 5.74) is 9.20. The Bertz CT molecular complexity index is 434.